The van der Waals surface area contributed by atoms with E-state index in [0.717, 1.165) is 11.3 Å². The van der Waals surface area contributed by atoms with Gasteiger partial charge in [-0.3, -0.25) is 14.6 Å². The SMILES string of the molecule is CC(Nc1ccc2[nH]c(=O)c(=O)[nH]c2c1)c1ccncc1. The molecule has 0 saturated heterocycles. The van der Waals surface area contributed by atoms with Gasteiger partial charge in [0.2, 0.25) is 0 Å². The van der Waals surface area contributed by atoms with Gasteiger partial charge in [0.1, 0.15) is 0 Å². The first-order valence-electron chi connectivity index (χ1n) is 6.56. The van der Waals surface area contributed by atoms with Gasteiger partial charge < -0.3 is 15.3 Å². The first kappa shape index (κ1) is 13.1. The van der Waals surface area contributed by atoms with Crippen LogP contribution in [0.4, 0.5) is 5.69 Å². The number of anilines is 1. The van der Waals surface area contributed by atoms with Gasteiger partial charge in [-0.15, -0.1) is 0 Å². The molecule has 0 bridgehead atoms. The molecule has 0 spiro atoms. The fourth-order valence-corrected chi connectivity index (χ4v) is 2.19. The van der Waals surface area contributed by atoms with E-state index in [1.807, 2.05) is 25.1 Å². The number of hydrogen-bond donors (Lipinski definition) is 3. The summed E-state index contributed by atoms with van der Waals surface area (Å²) in [6, 6.07) is 9.39. The second-order valence-corrected chi connectivity index (χ2v) is 4.82. The van der Waals surface area contributed by atoms with Crippen LogP contribution in [0.25, 0.3) is 11.0 Å². The molecule has 6 heteroatoms. The van der Waals surface area contributed by atoms with Crippen LogP contribution in [-0.2, 0) is 0 Å². The van der Waals surface area contributed by atoms with E-state index in [2.05, 4.69) is 20.3 Å². The lowest BCUT2D eigenvalue weighted by molar-refractivity contribution is 0.881. The zero-order valence-corrected chi connectivity index (χ0v) is 11.4. The summed E-state index contributed by atoms with van der Waals surface area (Å²) in [5, 5.41) is 3.34. The second-order valence-electron chi connectivity index (χ2n) is 4.82. The fraction of sp³-hybridized carbons (Fsp3) is 0.133. The maximum absolute atomic E-state index is 11.4. The highest BCUT2D eigenvalue weighted by molar-refractivity contribution is 5.78. The summed E-state index contributed by atoms with van der Waals surface area (Å²) in [7, 11) is 0. The molecular formula is C15H14N4O2. The van der Waals surface area contributed by atoms with Crippen molar-refractivity contribution in [3.8, 4) is 0 Å². The molecule has 106 valence electrons. The summed E-state index contributed by atoms with van der Waals surface area (Å²) < 4.78 is 0. The maximum atomic E-state index is 11.4. The predicted molar refractivity (Wildman–Crippen MR) is 81.5 cm³/mol. The normalized spacial score (nSPS) is 12.2. The minimum atomic E-state index is -0.651. The Labute approximate surface area is 119 Å². The van der Waals surface area contributed by atoms with E-state index in [4.69, 9.17) is 0 Å². The van der Waals surface area contributed by atoms with Crippen LogP contribution in [0.3, 0.4) is 0 Å². The van der Waals surface area contributed by atoms with Crippen molar-refractivity contribution in [1.29, 1.82) is 0 Å². The zero-order valence-electron chi connectivity index (χ0n) is 11.4. The Morgan fingerprint density at radius 3 is 2.38 bits per heavy atom. The number of pyridine rings is 1. The lowest BCUT2D eigenvalue weighted by Gasteiger charge is -2.15. The quantitative estimate of drug-likeness (QED) is 0.639. The van der Waals surface area contributed by atoms with Gasteiger partial charge in [0.25, 0.3) is 0 Å². The van der Waals surface area contributed by atoms with Crippen molar-refractivity contribution in [2.45, 2.75) is 13.0 Å². The number of hydrogen-bond acceptors (Lipinski definition) is 4. The molecule has 3 N–H and O–H groups in total. The van der Waals surface area contributed by atoms with Crippen molar-refractivity contribution in [3.63, 3.8) is 0 Å². The Kier molecular flexibility index (Phi) is 3.27. The van der Waals surface area contributed by atoms with Crippen LogP contribution in [0.2, 0.25) is 0 Å². The van der Waals surface area contributed by atoms with Crippen LogP contribution in [-0.4, -0.2) is 15.0 Å². The largest absolute Gasteiger partial charge is 0.378 e. The van der Waals surface area contributed by atoms with Gasteiger partial charge >= 0.3 is 11.1 Å². The Balaban J connectivity index is 1.93. The Bertz CT molecular complexity index is 883. The Morgan fingerprint density at radius 2 is 1.67 bits per heavy atom. The fourth-order valence-electron chi connectivity index (χ4n) is 2.19. The molecule has 6 nitrogen and oxygen atoms in total. The number of benzene rings is 1. The first-order valence-corrected chi connectivity index (χ1v) is 6.56. The summed E-state index contributed by atoms with van der Waals surface area (Å²) in [5.74, 6) is 0. The number of aromatic nitrogens is 3. The van der Waals surface area contributed by atoms with Gasteiger partial charge in [0.05, 0.1) is 11.0 Å². The number of rotatable bonds is 3. The summed E-state index contributed by atoms with van der Waals surface area (Å²) in [4.78, 5) is 31.7. The molecule has 0 aliphatic rings. The van der Waals surface area contributed by atoms with Crippen molar-refractivity contribution < 1.29 is 0 Å². The molecule has 3 aromatic rings. The van der Waals surface area contributed by atoms with Crippen LogP contribution in [0, 0.1) is 0 Å². The molecule has 0 amide bonds. The summed E-state index contributed by atoms with van der Waals surface area (Å²) >= 11 is 0. The third-order valence-corrected chi connectivity index (χ3v) is 3.31. The third-order valence-electron chi connectivity index (χ3n) is 3.31. The number of aromatic amines is 2. The summed E-state index contributed by atoms with van der Waals surface area (Å²) in [5.41, 5.74) is 1.86. The zero-order chi connectivity index (χ0) is 14.8. The van der Waals surface area contributed by atoms with Gasteiger partial charge in [-0.25, -0.2) is 0 Å². The van der Waals surface area contributed by atoms with Crippen molar-refractivity contribution >= 4 is 16.7 Å². The van der Waals surface area contributed by atoms with E-state index >= 15 is 0 Å². The minimum absolute atomic E-state index is 0.0972. The van der Waals surface area contributed by atoms with Crippen LogP contribution >= 0.6 is 0 Å². The standard InChI is InChI=1S/C15H14N4O2/c1-9(10-4-6-16-7-5-10)17-11-2-3-12-13(8-11)19-15(21)14(20)18-12/h2-9,17H,1H3,(H,18,20)(H,19,21). The Morgan fingerprint density at radius 1 is 1.00 bits per heavy atom. The monoisotopic (exact) mass is 282 g/mol. The van der Waals surface area contributed by atoms with Gasteiger partial charge in [-0.05, 0) is 42.8 Å². The van der Waals surface area contributed by atoms with Crippen molar-refractivity contribution in [1.82, 2.24) is 15.0 Å². The van der Waals surface area contributed by atoms with Crippen LogP contribution in [0.15, 0.2) is 52.3 Å². The van der Waals surface area contributed by atoms with Crippen LogP contribution in [0.5, 0.6) is 0 Å². The molecule has 2 heterocycles. The van der Waals surface area contributed by atoms with Gasteiger partial charge in [0.15, 0.2) is 0 Å². The summed E-state index contributed by atoms with van der Waals surface area (Å²) in [6.07, 6.45) is 3.49. The van der Waals surface area contributed by atoms with E-state index in [0.29, 0.717) is 11.0 Å². The van der Waals surface area contributed by atoms with E-state index in [9.17, 15) is 9.59 Å². The topological polar surface area (TPSA) is 90.6 Å². The maximum Gasteiger partial charge on any atom is 0.314 e. The molecule has 0 aliphatic carbocycles. The smallest absolute Gasteiger partial charge is 0.314 e. The average molecular weight is 282 g/mol. The Hall–Kier alpha value is -2.89. The lowest BCUT2D eigenvalue weighted by Crippen LogP contribution is -2.28. The number of nitrogens with one attached hydrogen (secondary N) is 3. The molecule has 21 heavy (non-hydrogen) atoms. The molecule has 0 aliphatic heterocycles. The molecule has 1 aromatic carbocycles. The van der Waals surface area contributed by atoms with Gasteiger partial charge in [-0.1, -0.05) is 0 Å². The van der Waals surface area contributed by atoms with Gasteiger partial charge in [0, 0.05) is 24.1 Å². The number of fused-ring (bicyclic) bond motifs is 1. The van der Waals surface area contributed by atoms with E-state index < -0.39 is 11.1 Å². The molecule has 0 fully saturated rings. The third kappa shape index (κ3) is 2.69. The molecule has 0 radical (unpaired) electrons. The highest BCUT2D eigenvalue weighted by Gasteiger charge is 2.06. The van der Waals surface area contributed by atoms with E-state index in [1.165, 1.54) is 0 Å². The lowest BCUT2D eigenvalue weighted by atomic mass is 10.1. The van der Waals surface area contributed by atoms with Gasteiger partial charge in [-0.2, -0.15) is 0 Å². The van der Waals surface area contributed by atoms with Crippen molar-refractivity contribution in [2.75, 3.05) is 5.32 Å². The second kappa shape index (κ2) is 5.24. The van der Waals surface area contributed by atoms with Crippen LogP contribution < -0.4 is 16.4 Å². The molecule has 1 atom stereocenters. The van der Waals surface area contributed by atoms with Crippen molar-refractivity contribution in [3.05, 3.63) is 69.0 Å². The predicted octanol–water partition coefficient (Wildman–Crippen LogP) is 1.78. The van der Waals surface area contributed by atoms with Crippen LogP contribution in [0.1, 0.15) is 18.5 Å². The summed E-state index contributed by atoms with van der Waals surface area (Å²) in [6.45, 7) is 2.04. The first-order chi connectivity index (χ1) is 10.1. The number of H-pyrrole nitrogens is 2. The molecule has 2 aromatic heterocycles. The highest BCUT2D eigenvalue weighted by Crippen LogP contribution is 2.20. The van der Waals surface area contributed by atoms with E-state index in [-0.39, 0.29) is 6.04 Å². The molecular weight excluding hydrogens is 268 g/mol. The van der Waals surface area contributed by atoms with E-state index in [1.54, 1.807) is 24.5 Å². The van der Waals surface area contributed by atoms with Crippen molar-refractivity contribution in [2.24, 2.45) is 0 Å². The highest BCUT2D eigenvalue weighted by atomic mass is 16.2. The molecule has 0 saturated carbocycles. The molecule has 1 unspecified atom stereocenters. The average Bonchev–Trinajstić information content (AvgIpc) is 2.49. The number of nitrogens with zero attached hydrogens (tertiary/aromatic N) is 1. The minimum Gasteiger partial charge on any atom is -0.378 e. The molecule has 3 rings (SSSR count).